The molecule has 0 saturated carbocycles. The maximum absolute atomic E-state index is 12.8. The van der Waals surface area contributed by atoms with Crippen molar-refractivity contribution in [2.24, 2.45) is 0 Å². The van der Waals surface area contributed by atoms with Crippen molar-refractivity contribution < 1.29 is 17.8 Å². The molecule has 1 N–H and O–H groups in total. The van der Waals surface area contributed by atoms with Crippen LogP contribution in [-0.2, 0) is 16.6 Å². The minimum Gasteiger partial charge on any atom is -0.467 e. The van der Waals surface area contributed by atoms with Gasteiger partial charge in [-0.2, -0.15) is 0 Å². The Hall–Kier alpha value is -3.33. The molecule has 8 nitrogen and oxygen atoms in total. The molecule has 9 heteroatoms. The summed E-state index contributed by atoms with van der Waals surface area (Å²) < 4.78 is 33.4. The lowest BCUT2D eigenvalue weighted by Gasteiger charge is -2.18. The van der Waals surface area contributed by atoms with Crippen molar-refractivity contribution in [2.45, 2.75) is 25.3 Å². The quantitative estimate of drug-likeness (QED) is 0.457. The lowest BCUT2D eigenvalue weighted by Crippen LogP contribution is -2.18. The van der Waals surface area contributed by atoms with Gasteiger partial charge in [-0.1, -0.05) is 17.7 Å². The van der Waals surface area contributed by atoms with E-state index in [2.05, 4.69) is 4.72 Å². The summed E-state index contributed by atoms with van der Waals surface area (Å²) in [5.41, 5.74) is 2.18. The van der Waals surface area contributed by atoms with Crippen molar-refractivity contribution >= 4 is 27.1 Å². The first-order valence-corrected chi connectivity index (χ1v) is 10.3. The van der Waals surface area contributed by atoms with E-state index < -0.39 is 14.9 Å². The molecule has 152 valence electrons. The third kappa shape index (κ3) is 4.57. The van der Waals surface area contributed by atoms with Crippen LogP contribution in [0.5, 0.6) is 0 Å². The minimum absolute atomic E-state index is 0.181. The highest BCUT2D eigenvalue weighted by Gasteiger charge is 2.24. The van der Waals surface area contributed by atoms with Crippen molar-refractivity contribution in [3.63, 3.8) is 0 Å². The zero-order valence-corrected chi connectivity index (χ0v) is 17.1. The maximum Gasteiger partial charge on any atom is 0.293 e. The highest BCUT2D eigenvalue weighted by atomic mass is 32.2. The number of aryl methyl sites for hydroxylation is 2. The summed E-state index contributed by atoms with van der Waals surface area (Å²) in [6, 6.07) is 12.7. The molecule has 0 unspecified atom stereocenters. The van der Waals surface area contributed by atoms with Crippen molar-refractivity contribution in [3.05, 3.63) is 81.8 Å². The number of sulfonamides is 1. The van der Waals surface area contributed by atoms with Gasteiger partial charge in [-0.05, 0) is 49.7 Å². The standard InChI is InChI=1S/C20H21N3O5S/c1-14-6-8-18(15(2)11-14)21-29(26,27)17-7-9-19(20(12-17)23(24)25)22(3)13-16-5-4-10-28-16/h4-12,21H,13H2,1-3H3. The molecule has 0 amide bonds. The molecule has 0 aliphatic carbocycles. The second-order valence-corrected chi connectivity index (χ2v) is 8.45. The van der Waals surface area contributed by atoms with E-state index in [1.54, 1.807) is 43.1 Å². The highest BCUT2D eigenvalue weighted by Crippen LogP contribution is 2.32. The first-order valence-electron chi connectivity index (χ1n) is 8.79. The Morgan fingerprint density at radius 1 is 1.14 bits per heavy atom. The van der Waals surface area contributed by atoms with E-state index in [9.17, 15) is 18.5 Å². The summed E-state index contributed by atoms with van der Waals surface area (Å²) in [5.74, 6) is 0.634. The van der Waals surface area contributed by atoms with Gasteiger partial charge in [0.25, 0.3) is 15.7 Å². The van der Waals surface area contributed by atoms with Crippen molar-refractivity contribution in [1.82, 2.24) is 0 Å². The number of hydrogen-bond donors (Lipinski definition) is 1. The molecule has 3 aromatic rings. The number of furan rings is 1. The molecule has 0 aliphatic heterocycles. The Morgan fingerprint density at radius 3 is 2.52 bits per heavy atom. The van der Waals surface area contributed by atoms with Crippen LogP contribution in [0.2, 0.25) is 0 Å². The van der Waals surface area contributed by atoms with Crippen LogP contribution in [0.1, 0.15) is 16.9 Å². The predicted molar refractivity (Wildman–Crippen MR) is 111 cm³/mol. The van der Waals surface area contributed by atoms with Crippen molar-refractivity contribution in [1.29, 1.82) is 0 Å². The Morgan fingerprint density at radius 2 is 1.90 bits per heavy atom. The van der Waals surface area contributed by atoms with Crippen molar-refractivity contribution in [3.8, 4) is 0 Å². The van der Waals surface area contributed by atoms with E-state index in [1.807, 2.05) is 13.0 Å². The molecule has 0 spiro atoms. The number of rotatable bonds is 7. The zero-order valence-electron chi connectivity index (χ0n) is 16.2. The molecule has 1 aromatic heterocycles. The summed E-state index contributed by atoms with van der Waals surface area (Å²) >= 11 is 0. The number of nitro groups is 1. The van der Waals surface area contributed by atoms with Crippen LogP contribution in [0.15, 0.2) is 64.1 Å². The SMILES string of the molecule is Cc1ccc(NS(=O)(=O)c2ccc(N(C)Cc3ccco3)c([N+](=O)[O-])c2)c(C)c1. The van der Waals surface area contributed by atoms with Crippen molar-refractivity contribution in [2.75, 3.05) is 16.7 Å². The maximum atomic E-state index is 12.8. The van der Waals surface area contributed by atoms with Crippen LogP contribution in [0.3, 0.4) is 0 Å². The van der Waals surface area contributed by atoms with E-state index in [1.165, 1.54) is 18.4 Å². The normalized spacial score (nSPS) is 11.3. The zero-order chi connectivity index (χ0) is 21.2. The smallest absolute Gasteiger partial charge is 0.293 e. The topological polar surface area (TPSA) is 106 Å². The van der Waals surface area contributed by atoms with Gasteiger partial charge in [0.2, 0.25) is 0 Å². The molecule has 3 rings (SSSR count). The van der Waals surface area contributed by atoms with Gasteiger partial charge in [-0.25, -0.2) is 8.42 Å². The summed E-state index contributed by atoms with van der Waals surface area (Å²) in [6.07, 6.45) is 1.52. The summed E-state index contributed by atoms with van der Waals surface area (Å²) in [7, 11) is -2.32. The Labute approximate surface area is 169 Å². The molecule has 29 heavy (non-hydrogen) atoms. The molecule has 0 atom stereocenters. The molecule has 0 fully saturated rings. The average Bonchev–Trinajstić information content (AvgIpc) is 3.16. The number of hydrogen-bond acceptors (Lipinski definition) is 6. The fraction of sp³-hybridized carbons (Fsp3) is 0.200. The van der Waals surface area contributed by atoms with E-state index >= 15 is 0 Å². The lowest BCUT2D eigenvalue weighted by molar-refractivity contribution is -0.384. The van der Waals surface area contributed by atoms with Crippen LogP contribution in [-0.4, -0.2) is 20.4 Å². The minimum atomic E-state index is -3.99. The Bertz CT molecular complexity index is 1140. The first kappa shape index (κ1) is 20.4. The fourth-order valence-corrected chi connectivity index (χ4v) is 4.14. The monoisotopic (exact) mass is 415 g/mol. The van der Waals surface area contributed by atoms with Gasteiger partial charge < -0.3 is 9.32 Å². The highest BCUT2D eigenvalue weighted by molar-refractivity contribution is 7.92. The van der Waals surface area contributed by atoms with Crippen LogP contribution in [0.4, 0.5) is 17.1 Å². The number of nitrogens with zero attached hydrogens (tertiary/aromatic N) is 2. The molecule has 0 saturated heterocycles. The fourth-order valence-electron chi connectivity index (χ4n) is 2.99. The van der Waals surface area contributed by atoms with Gasteiger partial charge in [-0.15, -0.1) is 0 Å². The summed E-state index contributed by atoms with van der Waals surface area (Å²) in [4.78, 5) is 12.5. The number of nitrogens with one attached hydrogen (secondary N) is 1. The van der Waals surface area contributed by atoms with E-state index in [-0.39, 0.29) is 16.3 Å². The van der Waals surface area contributed by atoms with Gasteiger partial charge in [0.05, 0.1) is 28.3 Å². The van der Waals surface area contributed by atoms with Gasteiger partial charge in [0, 0.05) is 13.1 Å². The predicted octanol–water partition coefficient (Wildman–Crippen LogP) is 4.24. The van der Waals surface area contributed by atoms with Crippen LogP contribution < -0.4 is 9.62 Å². The molecule has 0 aliphatic rings. The molecular weight excluding hydrogens is 394 g/mol. The first-order chi connectivity index (χ1) is 13.7. The Kier molecular flexibility index (Phi) is 5.60. The summed E-state index contributed by atoms with van der Waals surface area (Å²) in [6.45, 7) is 4.01. The number of anilines is 2. The Balaban J connectivity index is 1.93. The molecule has 0 radical (unpaired) electrons. The largest absolute Gasteiger partial charge is 0.467 e. The second kappa shape index (κ2) is 7.96. The third-order valence-corrected chi connectivity index (χ3v) is 5.83. The van der Waals surface area contributed by atoms with E-state index in [0.717, 1.165) is 17.2 Å². The molecule has 0 bridgehead atoms. The van der Waals surface area contributed by atoms with Gasteiger partial charge in [-0.3, -0.25) is 14.8 Å². The molecule has 1 heterocycles. The van der Waals surface area contributed by atoms with Crippen LogP contribution in [0, 0.1) is 24.0 Å². The van der Waals surface area contributed by atoms with Gasteiger partial charge in [0.15, 0.2) is 0 Å². The average molecular weight is 415 g/mol. The summed E-state index contributed by atoms with van der Waals surface area (Å²) in [5, 5.41) is 11.6. The molecule has 2 aromatic carbocycles. The number of benzene rings is 2. The number of nitro benzene ring substituents is 1. The third-order valence-electron chi connectivity index (χ3n) is 4.46. The molecular formula is C20H21N3O5S. The van der Waals surface area contributed by atoms with Crippen LogP contribution in [0.25, 0.3) is 0 Å². The van der Waals surface area contributed by atoms with Gasteiger partial charge >= 0.3 is 0 Å². The van der Waals surface area contributed by atoms with Gasteiger partial charge in [0.1, 0.15) is 11.4 Å². The van der Waals surface area contributed by atoms with E-state index in [0.29, 0.717) is 18.0 Å². The van der Waals surface area contributed by atoms with E-state index in [4.69, 9.17) is 4.42 Å². The lowest BCUT2D eigenvalue weighted by atomic mass is 10.1. The second-order valence-electron chi connectivity index (χ2n) is 6.77. The van der Waals surface area contributed by atoms with Crippen LogP contribution >= 0.6 is 0 Å².